The van der Waals surface area contributed by atoms with Gasteiger partial charge in [-0.2, -0.15) is 22.0 Å². The molecule has 0 fully saturated rings. The smallest absolute Gasteiger partial charge is 0.416 e. The van der Waals surface area contributed by atoms with Gasteiger partial charge in [-0.15, -0.1) is 0 Å². The summed E-state index contributed by atoms with van der Waals surface area (Å²) in [7, 11) is 1.29. The molecular formula is C17H14F5NO2. The summed E-state index contributed by atoms with van der Waals surface area (Å²) >= 11 is 0. The van der Waals surface area contributed by atoms with E-state index in [1.165, 1.54) is 49.5 Å². The fourth-order valence-electron chi connectivity index (χ4n) is 2.31. The Morgan fingerprint density at radius 2 is 1.68 bits per heavy atom. The van der Waals surface area contributed by atoms with Gasteiger partial charge in [-0.3, -0.25) is 4.79 Å². The number of hydrogen-bond acceptors (Lipinski definition) is 2. The van der Waals surface area contributed by atoms with Crippen LogP contribution in [0.4, 0.5) is 22.0 Å². The molecule has 0 saturated carbocycles. The van der Waals surface area contributed by atoms with Crippen molar-refractivity contribution in [2.45, 2.75) is 19.3 Å². The molecule has 134 valence electrons. The Hall–Kier alpha value is -2.64. The number of halogens is 5. The number of ether oxygens (including phenoxy) is 1. The molecule has 25 heavy (non-hydrogen) atoms. The highest BCUT2D eigenvalue weighted by atomic mass is 19.4. The number of nitrogens with zero attached hydrogens (tertiary/aromatic N) is 1. The summed E-state index contributed by atoms with van der Waals surface area (Å²) in [5.41, 5.74) is -1.11. The maximum absolute atomic E-state index is 13.0. The summed E-state index contributed by atoms with van der Waals surface area (Å²) < 4.78 is 68.2. The lowest BCUT2D eigenvalue weighted by Gasteiger charge is -2.21. The third kappa shape index (κ3) is 4.68. The number of rotatable bonds is 5. The number of amides is 1. The van der Waals surface area contributed by atoms with Gasteiger partial charge in [-0.25, -0.2) is 0 Å². The van der Waals surface area contributed by atoms with E-state index in [2.05, 4.69) is 4.74 Å². The van der Waals surface area contributed by atoms with Gasteiger partial charge in [0.2, 0.25) is 0 Å². The normalized spacial score (nSPS) is 11.5. The molecule has 0 bridgehead atoms. The molecule has 0 aliphatic rings. The van der Waals surface area contributed by atoms with Crippen molar-refractivity contribution >= 4 is 5.91 Å². The van der Waals surface area contributed by atoms with Crippen LogP contribution in [-0.2, 0) is 12.7 Å². The third-order valence-corrected chi connectivity index (χ3v) is 3.41. The van der Waals surface area contributed by atoms with Gasteiger partial charge >= 0.3 is 12.8 Å². The molecule has 0 radical (unpaired) electrons. The predicted octanol–water partition coefficient (Wildman–Crippen LogP) is 4.58. The van der Waals surface area contributed by atoms with E-state index in [1.54, 1.807) is 0 Å². The second-order valence-corrected chi connectivity index (χ2v) is 5.19. The van der Waals surface area contributed by atoms with Crippen LogP contribution in [0, 0.1) is 0 Å². The van der Waals surface area contributed by atoms with Crippen LogP contribution in [-0.4, -0.2) is 24.5 Å². The predicted molar refractivity (Wildman–Crippen MR) is 80.3 cm³/mol. The van der Waals surface area contributed by atoms with Gasteiger partial charge in [-0.1, -0.05) is 30.3 Å². The van der Waals surface area contributed by atoms with Gasteiger partial charge in [-0.05, 0) is 23.8 Å². The van der Waals surface area contributed by atoms with Crippen LogP contribution >= 0.6 is 0 Å². The number of alkyl halides is 5. The minimum absolute atomic E-state index is 0.0990. The molecule has 8 heteroatoms. The van der Waals surface area contributed by atoms with Crippen LogP contribution in [0.15, 0.2) is 48.5 Å². The summed E-state index contributed by atoms with van der Waals surface area (Å²) in [6, 6.07) is 10.2. The summed E-state index contributed by atoms with van der Waals surface area (Å²) in [6.07, 6.45) is -4.56. The van der Waals surface area contributed by atoms with Crippen molar-refractivity contribution in [1.82, 2.24) is 4.90 Å². The Balaban J connectivity index is 2.26. The third-order valence-electron chi connectivity index (χ3n) is 3.41. The van der Waals surface area contributed by atoms with Crippen LogP contribution < -0.4 is 4.74 Å². The van der Waals surface area contributed by atoms with Crippen molar-refractivity contribution in [3.8, 4) is 5.75 Å². The maximum atomic E-state index is 13.0. The van der Waals surface area contributed by atoms with E-state index in [1.807, 2.05) is 0 Å². The van der Waals surface area contributed by atoms with Gasteiger partial charge in [0.15, 0.2) is 0 Å². The molecule has 1 amide bonds. The lowest BCUT2D eigenvalue weighted by molar-refractivity contribution is -0.138. The van der Waals surface area contributed by atoms with E-state index in [4.69, 9.17) is 0 Å². The minimum atomic E-state index is -4.56. The Labute approximate surface area is 140 Å². The molecule has 0 atom stereocenters. The van der Waals surface area contributed by atoms with E-state index in [0.29, 0.717) is 0 Å². The topological polar surface area (TPSA) is 29.5 Å². The van der Waals surface area contributed by atoms with Crippen molar-refractivity contribution in [2.75, 3.05) is 7.05 Å². The zero-order valence-corrected chi connectivity index (χ0v) is 13.1. The Morgan fingerprint density at radius 3 is 2.32 bits per heavy atom. The number of carbonyl (C=O) groups excluding carboxylic acids is 1. The van der Waals surface area contributed by atoms with Crippen LogP contribution in [0.25, 0.3) is 0 Å². The van der Waals surface area contributed by atoms with Crippen LogP contribution in [0.2, 0.25) is 0 Å². The average Bonchev–Trinajstić information content (AvgIpc) is 2.53. The van der Waals surface area contributed by atoms with E-state index in [9.17, 15) is 26.7 Å². The fraction of sp³-hybridized carbons (Fsp3) is 0.235. The zero-order chi connectivity index (χ0) is 18.6. The standard InChI is InChI=1S/C17H14F5NO2/c1-23(10-11-6-2-4-8-13(11)17(20,21)22)15(24)12-7-3-5-9-14(12)25-16(18)19/h2-9,16H,10H2,1H3. The van der Waals surface area contributed by atoms with Crippen molar-refractivity contribution in [3.05, 3.63) is 65.2 Å². The van der Waals surface area contributed by atoms with Crippen molar-refractivity contribution in [2.24, 2.45) is 0 Å². The minimum Gasteiger partial charge on any atom is -0.434 e. The van der Waals surface area contributed by atoms with Gasteiger partial charge < -0.3 is 9.64 Å². The summed E-state index contributed by atoms with van der Waals surface area (Å²) in [4.78, 5) is 13.4. The molecule has 0 aliphatic carbocycles. The Bertz CT molecular complexity index is 746. The molecule has 0 spiro atoms. The molecule has 0 aliphatic heterocycles. The molecule has 0 saturated heterocycles. The summed E-state index contributed by atoms with van der Waals surface area (Å²) in [5.74, 6) is -1.06. The van der Waals surface area contributed by atoms with Gasteiger partial charge in [0.05, 0.1) is 11.1 Å². The average molecular weight is 359 g/mol. The fourth-order valence-corrected chi connectivity index (χ4v) is 2.31. The maximum Gasteiger partial charge on any atom is 0.416 e. The van der Waals surface area contributed by atoms with Crippen LogP contribution in [0.1, 0.15) is 21.5 Å². The quantitative estimate of drug-likeness (QED) is 0.732. The first kappa shape index (κ1) is 18.7. The first-order valence-electron chi connectivity index (χ1n) is 7.14. The van der Waals surface area contributed by atoms with Crippen LogP contribution in [0.3, 0.4) is 0 Å². The van der Waals surface area contributed by atoms with Gasteiger partial charge in [0.1, 0.15) is 5.75 Å². The molecular weight excluding hydrogens is 345 g/mol. The second kappa shape index (κ2) is 7.50. The van der Waals surface area contributed by atoms with E-state index >= 15 is 0 Å². The van der Waals surface area contributed by atoms with Crippen molar-refractivity contribution in [1.29, 1.82) is 0 Å². The van der Waals surface area contributed by atoms with E-state index < -0.39 is 24.3 Å². The molecule has 0 N–H and O–H groups in total. The lowest BCUT2D eigenvalue weighted by atomic mass is 10.1. The number of hydrogen-bond donors (Lipinski definition) is 0. The molecule has 2 aromatic carbocycles. The summed E-state index contributed by atoms with van der Waals surface area (Å²) in [6.45, 7) is -3.46. The molecule has 0 heterocycles. The number of carbonyl (C=O) groups is 1. The first-order valence-corrected chi connectivity index (χ1v) is 7.14. The molecule has 0 aromatic heterocycles. The summed E-state index contributed by atoms with van der Waals surface area (Å²) in [5, 5.41) is 0. The number of para-hydroxylation sites is 1. The van der Waals surface area contributed by atoms with E-state index in [0.717, 1.165) is 11.0 Å². The first-order chi connectivity index (χ1) is 11.7. The van der Waals surface area contributed by atoms with E-state index in [-0.39, 0.29) is 23.4 Å². The molecule has 0 unspecified atom stereocenters. The highest BCUT2D eigenvalue weighted by Crippen LogP contribution is 2.32. The van der Waals surface area contributed by atoms with Gasteiger partial charge in [0, 0.05) is 13.6 Å². The second-order valence-electron chi connectivity index (χ2n) is 5.19. The van der Waals surface area contributed by atoms with Crippen molar-refractivity contribution in [3.63, 3.8) is 0 Å². The SMILES string of the molecule is CN(Cc1ccccc1C(F)(F)F)C(=O)c1ccccc1OC(F)F. The van der Waals surface area contributed by atoms with Gasteiger partial charge in [0.25, 0.3) is 5.91 Å². The highest BCUT2D eigenvalue weighted by Gasteiger charge is 2.33. The largest absolute Gasteiger partial charge is 0.434 e. The zero-order valence-electron chi connectivity index (χ0n) is 13.1. The Morgan fingerprint density at radius 1 is 1.08 bits per heavy atom. The Kier molecular flexibility index (Phi) is 5.61. The monoisotopic (exact) mass is 359 g/mol. The molecule has 3 nitrogen and oxygen atoms in total. The number of benzene rings is 2. The lowest BCUT2D eigenvalue weighted by Crippen LogP contribution is -2.28. The van der Waals surface area contributed by atoms with Crippen molar-refractivity contribution < 1.29 is 31.5 Å². The highest BCUT2D eigenvalue weighted by molar-refractivity contribution is 5.96. The molecule has 2 aromatic rings. The van der Waals surface area contributed by atoms with Crippen LogP contribution in [0.5, 0.6) is 5.75 Å². The molecule has 2 rings (SSSR count).